The van der Waals surface area contributed by atoms with Crippen molar-refractivity contribution < 1.29 is 4.39 Å². The van der Waals surface area contributed by atoms with Crippen LogP contribution in [0.1, 0.15) is 22.7 Å². The van der Waals surface area contributed by atoms with E-state index < -0.39 is 0 Å². The minimum atomic E-state index is -0.195. The van der Waals surface area contributed by atoms with Crippen LogP contribution in [0.4, 0.5) is 4.39 Å². The molecule has 1 atom stereocenters. The molecule has 0 fully saturated rings. The van der Waals surface area contributed by atoms with Crippen molar-refractivity contribution in [1.82, 2.24) is 4.90 Å². The lowest BCUT2D eigenvalue weighted by atomic mass is 9.99. The normalized spacial score (nSPS) is 12.6. The maximum atomic E-state index is 13.2. The van der Waals surface area contributed by atoms with Crippen LogP contribution in [0.15, 0.2) is 48.5 Å². The summed E-state index contributed by atoms with van der Waals surface area (Å²) >= 11 is 0. The minimum Gasteiger partial charge on any atom is -0.329 e. The maximum absolute atomic E-state index is 13.2. The zero-order valence-corrected chi connectivity index (χ0v) is 12.7. The lowest BCUT2D eigenvalue weighted by Crippen LogP contribution is -2.32. The second-order valence-electron chi connectivity index (χ2n) is 5.47. The number of nitrogens with zero attached hydrogens (tertiary/aromatic N) is 1. The predicted molar refractivity (Wildman–Crippen MR) is 85.7 cm³/mol. The lowest BCUT2D eigenvalue weighted by Gasteiger charge is -2.28. The molecule has 0 heterocycles. The largest absolute Gasteiger partial charge is 0.329 e. The Morgan fingerprint density at radius 1 is 1.14 bits per heavy atom. The van der Waals surface area contributed by atoms with Gasteiger partial charge in [-0.05, 0) is 49.2 Å². The zero-order chi connectivity index (χ0) is 15.2. The van der Waals surface area contributed by atoms with E-state index in [1.54, 1.807) is 6.07 Å². The Balaban J connectivity index is 2.06. The molecule has 0 radical (unpaired) electrons. The molecule has 0 spiro atoms. The second-order valence-corrected chi connectivity index (χ2v) is 5.47. The van der Waals surface area contributed by atoms with Gasteiger partial charge in [0, 0.05) is 19.1 Å². The molecule has 2 aromatic carbocycles. The van der Waals surface area contributed by atoms with E-state index in [9.17, 15) is 4.39 Å². The van der Waals surface area contributed by atoms with E-state index in [0.29, 0.717) is 6.54 Å². The average molecular weight is 286 g/mol. The van der Waals surface area contributed by atoms with Gasteiger partial charge in [0.25, 0.3) is 0 Å². The highest BCUT2D eigenvalue weighted by atomic mass is 19.1. The van der Waals surface area contributed by atoms with Crippen LogP contribution in [0.25, 0.3) is 0 Å². The summed E-state index contributed by atoms with van der Waals surface area (Å²) in [7, 11) is 2.07. The third-order valence-corrected chi connectivity index (χ3v) is 3.94. The molecule has 112 valence electrons. The monoisotopic (exact) mass is 286 g/mol. The van der Waals surface area contributed by atoms with Gasteiger partial charge in [-0.25, -0.2) is 4.39 Å². The Morgan fingerprint density at radius 2 is 1.86 bits per heavy atom. The van der Waals surface area contributed by atoms with Crippen molar-refractivity contribution in [3.05, 3.63) is 71.0 Å². The summed E-state index contributed by atoms with van der Waals surface area (Å²) in [4.78, 5) is 2.24. The first-order valence-electron chi connectivity index (χ1n) is 7.32. The van der Waals surface area contributed by atoms with Gasteiger partial charge >= 0.3 is 0 Å². The van der Waals surface area contributed by atoms with Crippen LogP contribution in [-0.4, -0.2) is 25.0 Å². The smallest absolute Gasteiger partial charge is 0.123 e. The standard InChI is InChI=1S/C18H23FN2/c1-14-12-16(19)8-9-17(14)18(13-20)21(2)11-10-15-6-4-3-5-7-15/h3-9,12,18H,10-11,13,20H2,1-2H3. The molecule has 3 heteroatoms. The first kappa shape index (κ1) is 15.7. The summed E-state index contributed by atoms with van der Waals surface area (Å²) in [6, 6.07) is 15.5. The molecule has 0 aliphatic carbocycles. The molecule has 1 unspecified atom stereocenters. The van der Waals surface area contributed by atoms with Gasteiger partial charge in [0.2, 0.25) is 0 Å². The summed E-state index contributed by atoms with van der Waals surface area (Å²) < 4.78 is 13.2. The van der Waals surface area contributed by atoms with Crippen LogP contribution in [-0.2, 0) is 6.42 Å². The molecule has 0 aromatic heterocycles. The van der Waals surface area contributed by atoms with Crippen LogP contribution in [0.3, 0.4) is 0 Å². The van der Waals surface area contributed by atoms with E-state index >= 15 is 0 Å². The topological polar surface area (TPSA) is 29.3 Å². The van der Waals surface area contributed by atoms with Crippen molar-refractivity contribution in [2.24, 2.45) is 5.73 Å². The van der Waals surface area contributed by atoms with Gasteiger partial charge in [-0.1, -0.05) is 36.4 Å². The van der Waals surface area contributed by atoms with Crippen LogP contribution in [0, 0.1) is 12.7 Å². The number of aryl methyl sites for hydroxylation is 1. The molecule has 2 nitrogen and oxygen atoms in total. The Kier molecular flexibility index (Phi) is 5.48. The summed E-state index contributed by atoms with van der Waals surface area (Å²) in [6.45, 7) is 3.38. The quantitative estimate of drug-likeness (QED) is 0.882. The third kappa shape index (κ3) is 4.13. The SMILES string of the molecule is Cc1cc(F)ccc1C(CN)N(C)CCc1ccccc1. The third-order valence-electron chi connectivity index (χ3n) is 3.94. The number of hydrogen-bond acceptors (Lipinski definition) is 2. The molecule has 2 N–H and O–H groups in total. The first-order valence-corrected chi connectivity index (χ1v) is 7.32. The van der Waals surface area contributed by atoms with E-state index in [1.807, 2.05) is 19.1 Å². The number of halogens is 1. The number of nitrogens with two attached hydrogens (primary N) is 1. The van der Waals surface area contributed by atoms with E-state index in [1.165, 1.54) is 11.6 Å². The van der Waals surface area contributed by atoms with Crippen molar-refractivity contribution in [1.29, 1.82) is 0 Å². The highest BCUT2D eigenvalue weighted by molar-refractivity contribution is 5.30. The zero-order valence-electron chi connectivity index (χ0n) is 12.7. The number of benzene rings is 2. The fraction of sp³-hybridized carbons (Fsp3) is 0.333. The molecule has 2 rings (SSSR count). The van der Waals surface area contributed by atoms with Gasteiger partial charge in [0.05, 0.1) is 0 Å². The Bertz CT molecular complexity index is 569. The van der Waals surface area contributed by atoms with E-state index in [2.05, 4.69) is 36.2 Å². The van der Waals surface area contributed by atoms with Crippen molar-refractivity contribution in [2.45, 2.75) is 19.4 Å². The average Bonchev–Trinajstić information content (AvgIpc) is 2.49. The molecular weight excluding hydrogens is 263 g/mol. The van der Waals surface area contributed by atoms with Gasteiger partial charge in [0.1, 0.15) is 5.82 Å². The molecule has 0 amide bonds. The van der Waals surface area contributed by atoms with Crippen molar-refractivity contribution in [2.75, 3.05) is 20.1 Å². The van der Waals surface area contributed by atoms with Crippen LogP contribution in [0.5, 0.6) is 0 Å². The van der Waals surface area contributed by atoms with E-state index in [-0.39, 0.29) is 11.9 Å². The summed E-state index contributed by atoms with van der Waals surface area (Å²) in [5.41, 5.74) is 9.32. The van der Waals surface area contributed by atoms with E-state index in [0.717, 1.165) is 24.1 Å². The fourth-order valence-electron chi connectivity index (χ4n) is 2.66. The van der Waals surface area contributed by atoms with Gasteiger partial charge in [0.15, 0.2) is 0 Å². The number of rotatable bonds is 6. The fourth-order valence-corrected chi connectivity index (χ4v) is 2.66. The molecule has 0 aliphatic heterocycles. The Labute approximate surface area is 126 Å². The predicted octanol–water partition coefficient (Wildman–Crippen LogP) is 3.31. The van der Waals surface area contributed by atoms with Gasteiger partial charge in [-0.2, -0.15) is 0 Å². The molecule has 0 saturated heterocycles. The van der Waals surface area contributed by atoms with Crippen molar-refractivity contribution >= 4 is 0 Å². The molecular formula is C18H23FN2. The highest BCUT2D eigenvalue weighted by Crippen LogP contribution is 2.23. The van der Waals surface area contributed by atoms with Crippen LogP contribution >= 0.6 is 0 Å². The summed E-state index contributed by atoms with van der Waals surface area (Å²) in [5.74, 6) is -0.195. The summed E-state index contributed by atoms with van der Waals surface area (Å²) in [6.07, 6.45) is 0.980. The molecule has 0 saturated carbocycles. The Hall–Kier alpha value is -1.71. The molecule has 0 aliphatic rings. The van der Waals surface area contributed by atoms with Crippen LogP contribution in [0.2, 0.25) is 0 Å². The van der Waals surface area contributed by atoms with Gasteiger partial charge in [-0.15, -0.1) is 0 Å². The van der Waals surface area contributed by atoms with Crippen molar-refractivity contribution in [3.63, 3.8) is 0 Å². The molecule has 2 aromatic rings. The van der Waals surface area contributed by atoms with Crippen molar-refractivity contribution in [3.8, 4) is 0 Å². The highest BCUT2D eigenvalue weighted by Gasteiger charge is 2.17. The van der Waals surface area contributed by atoms with E-state index in [4.69, 9.17) is 5.73 Å². The number of likely N-dealkylation sites (N-methyl/N-ethyl adjacent to an activating group) is 1. The first-order chi connectivity index (χ1) is 10.1. The maximum Gasteiger partial charge on any atom is 0.123 e. The lowest BCUT2D eigenvalue weighted by molar-refractivity contribution is 0.252. The number of hydrogen-bond donors (Lipinski definition) is 1. The Morgan fingerprint density at radius 3 is 2.48 bits per heavy atom. The molecule has 21 heavy (non-hydrogen) atoms. The molecule has 0 bridgehead atoms. The van der Waals surface area contributed by atoms with Gasteiger partial charge < -0.3 is 5.73 Å². The minimum absolute atomic E-state index is 0.120. The summed E-state index contributed by atoms with van der Waals surface area (Å²) in [5, 5.41) is 0. The second kappa shape index (κ2) is 7.34. The van der Waals surface area contributed by atoms with Crippen LogP contribution < -0.4 is 5.73 Å². The van der Waals surface area contributed by atoms with Gasteiger partial charge in [-0.3, -0.25) is 4.90 Å².